The zero-order chi connectivity index (χ0) is 21.5. The third kappa shape index (κ3) is 5.60. The van der Waals surface area contributed by atoms with Crippen molar-refractivity contribution in [3.05, 3.63) is 94.3 Å². The molecule has 150 valence electrons. The molecule has 3 aromatic carbocycles. The Balaban J connectivity index is 1.81. The summed E-state index contributed by atoms with van der Waals surface area (Å²) in [4.78, 5) is 12.5. The van der Waals surface area contributed by atoms with E-state index in [4.69, 9.17) is 16.3 Å². The fraction of sp³-hybridized carbons (Fsp3) is 0.0435. The van der Waals surface area contributed by atoms with Gasteiger partial charge in [-0.05, 0) is 66.2 Å². The number of carbonyl (C=O) groups is 1. The maximum absolute atomic E-state index is 13.0. The number of ether oxygens (including phenoxy) is 1. The Morgan fingerprint density at radius 3 is 2.50 bits per heavy atom. The van der Waals surface area contributed by atoms with E-state index in [1.165, 1.54) is 42.5 Å². The van der Waals surface area contributed by atoms with Gasteiger partial charge in [0.15, 0.2) is 0 Å². The lowest BCUT2D eigenvalue weighted by atomic mass is 10.1. The van der Waals surface area contributed by atoms with Gasteiger partial charge in [-0.25, -0.2) is 4.39 Å². The first kappa shape index (κ1) is 20.9. The van der Waals surface area contributed by atoms with Gasteiger partial charge in [0, 0.05) is 16.3 Å². The zero-order valence-corrected chi connectivity index (χ0v) is 16.4. The fourth-order valence-corrected chi connectivity index (χ4v) is 2.73. The van der Waals surface area contributed by atoms with E-state index in [2.05, 4.69) is 5.32 Å². The Morgan fingerprint density at radius 2 is 1.83 bits per heavy atom. The van der Waals surface area contributed by atoms with Crippen LogP contribution in [0.3, 0.4) is 0 Å². The largest absolute Gasteiger partial charge is 0.508 e. The quantitative estimate of drug-likeness (QED) is 0.320. The van der Waals surface area contributed by atoms with Crippen molar-refractivity contribution in [3.63, 3.8) is 0 Å². The molecule has 5 nitrogen and oxygen atoms in total. The van der Waals surface area contributed by atoms with Crippen LogP contribution in [0.15, 0.2) is 72.3 Å². The number of hydrogen-bond acceptors (Lipinski definition) is 4. The first-order valence-corrected chi connectivity index (χ1v) is 9.21. The predicted molar refractivity (Wildman–Crippen MR) is 113 cm³/mol. The number of anilines is 1. The van der Waals surface area contributed by atoms with Gasteiger partial charge in [-0.1, -0.05) is 23.7 Å². The Kier molecular flexibility index (Phi) is 6.68. The van der Waals surface area contributed by atoms with Crippen LogP contribution in [0.5, 0.6) is 11.5 Å². The molecule has 7 heteroatoms. The SMILES string of the molecule is N#C/C(=C\c1cc(Cl)ccc1OCc1ccc(F)cc1)C(=O)Nc1ccc(O)cc1. The number of phenolic OH excluding ortho intramolecular Hbond substituents is 1. The summed E-state index contributed by atoms with van der Waals surface area (Å²) in [5.74, 6) is -0.486. The van der Waals surface area contributed by atoms with Crippen molar-refractivity contribution in [3.8, 4) is 17.6 Å². The second kappa shape index (κ2) is 9.59. The maximum atomic E-state index is 13.0. The van der Waals surface area contributed by atoms with Crippen LogP contribution in [0, 0.1) is 17.1 Å². The van der Waals surface area contributed by atoms with Crippen LogP contribution in [0.4, 0.5) is 10.1 Å². The van der Waals surface area contributed by atoms with E-state index in [-0.39, 0.29) is 23.7 Å². The molecule has 3 rings (SSSR count). The molecule has 2 N–H and O–H groups in total. The number of phenols is 1. The molecule has 0 bridgehead atoms. The number of rotatable bonds is 6. The van der Waals surface area contributed by atoms with E-state index in [0.29, 0.717) is 22.0 Å². The molecule has 0 aliphatic heterocycles. The van der Waals surface area contributed by atoms with Gasteiger partial charge in [0.2, 0.25) is 0 Å². The lowest BCUT2D eigenvalue weighted by molar-refractivity contribution is -0.112. The topological polar surface area (TPSA) is 82.3 Å². The summed E-state index contributed by atoms with van der Waals surface area (Å²) < 4.78 is 18.8. The van der Waals surface area contributed by atoms with Crippen molar-refractivity contribution in [2.24, 2.45) is 0 Å². The number of aromatic hydroxyl groups is 1. The summed E-state index contributed by atoms with van der Waals surface area (Å²) in [5.41, 5.74) is 1.48. The zero-order valence-electron chi connectivity index (χ0n) is 15.6. The molecule has 0 radical (unpaired) electrons. The summed E-state index contributed by atoms with van der Waals surface area (Å²) in [6.45, 7) is 0.171. The van der Waals surface area contributed by atoms with Crippen LogP contribution in [-0.2, 0) is 11.4 Å². The standard InChI is InChI=1S/C23H16ClFN2O3/c24-18-3-10-22(30-14-15-1-4-19(25)5-2-15)16(12-18)11-17(13-26)23(29)27-20-6-8-21(28)9-7-20/h1-12,28H,14H2,(H,27,29)/b17-11+. The smallest absolute Gasteiger partial charge is 0.266 e. The first-order chi connectivity index (χ1) is 14.4. The van der Waals surface area contributed by atoms with E-state index in [0.717, 1.165) is 5.56 Å². The molecule has 0 atom stereocenters. The van der Waals surface area contributed by atoms with Gasteiger partial charge in [0.05, 0.1) is 0 Å². The summed E-state index contributed by atoms with van der Waals surface area (Å²) >= 11 is 6.07. The molecule has 0 heterocycles. The molecular formula is C23H16ClFN2O3. The van der Waals surface area contributed by atoms with Crippen molar-refractivity contribution in [1.29, 1.82) is 5.26 Å². The minimum atomic E-state index is -0.618. The van der Waals surface area contributed by atoms with Crippen molar-refractivity contribution < 1.29 is 19.0 Å². The van der Waals surface area contributed by atoms with Gasteiger partial charge >= 0.3 is 0 Å². The van der Waals surface area contributed by atoms with Crippen LogP contribution in [0.1, 0.15) is 11.1 Å². The van der Waals surface area contributed by atoms with Crippen molar-refractivity contribution in [2.45, 2.75) is 6.61 Å². The molecule has 0 saturated heterocycles. The number of nitriles is 1. The molecule has 0 saturated carbocycles. The fourth-order valence-electron chi connectivity index (χ4n) is 2.55. The highest BCUT2D eigenvalue weighted by Crippen LogP contribution is 2.26. The van der Waals surface area contributed by atoms with Crippen molar-refractivity contribution in [2.75, 3.05) is 5.32 Å². The van der Waals surface area contributed by atoms with E-state index >= 15 is 0 Å². The van der Waals surface area contributed by atoms with Gasteiger partial charge in [0.25, 0.3) is 5.91 Å². The van der Waals surface area contributed by atoms with Gasteiger partial charge in [-0.3, -0.25) is 4.79 Å². The molecule has 0 fully saturated rings. The Hall–Kier alpha value is -3.82. The molecule has 0 unspecified atom stereocenters. The number of nitrogens with one attached hydrogen (secondary N) is 1. The van der Waals surface area contributed by atoms with E-state index in [1.807, 2.05) is 6.07 Å². The third-order valence-electron chi connectivity index (χ3n) is 4.07. The van der Waals surface area contributed by atoms with Crippen LogP contribution in [0.2, 0.25) is 5.02 Å². The van der Waals surface area contributed by atoms with Crippen molar-refractivity contribution >= 4 is 29.3 Å². The summed E-state index contributed by atoms with van der Waals surface area (Å²) in [5, 5.41) is 21.8. The van der Waals surface area contributed by atoms with E-state index in [9.17, 15) is 19.6 Å². The van der Waals surface area contributed by atoms with Crippen LogP contribution >= 0.6 is 11.6 Å². The molecule has 3 aromatic rings. The Labute approximate surface area is 177 Å². The predicted octanol–water partition coefficient (Wildman–Crippen LogP) is 5.31. The molecular weight excluding hydrogens is 407 g/mol. The van der Waals surface area contributed by atoms with Gasteiger partial charge in [-0.2, -0.15) is 5.26 Å². The second-order valence-electron chi connectivity index (χ2n) is 6.27. The first-order valence-electron chi connectivity index (χ1n) is 8.83. The molecule has 0 spiro atoms. The molecule has 0 aliphatic rings. The Bertz CT molecular complexity index is 1120. The minimum Gasteiger partial charge on any atom is -0.508 e. The van der Waals surface area contributed by atoms with Gasteiger partial charge < -0.3 is 15.2 Å². The summed E-state index contributed by atoms with van der Waals surface area (Å²) in [6.07, 6.45) is 1.38. The average Bonchev–Trinajstić information content (AvgIpc) is 2.74. The molecule has 1 amide bonds. The monoisotopic (exact) mass is 422 g/mol. The normalized spacial score (nSPS) is 10.9. The number of nitrogens with zero attached hydrogens (tertiary/aromatic N) is 1. The van der Waals surface area contributed by atoms with Crippen LogP contribution in [0.25, 0.3) is 6.08 Å². The maximum Gasteiger partial charge on any atom is 0.266 e. The van der Waals surface area contributed by atoms with E-state index < -0.39 is 5.91 Å². The number of carbonyl (C=O) groups excluding carboxylic acids is 1. The van der Waals surface area contributed by atoms with Crippen LogP contribution in [-0.4, -0.2) is 11.0 Å². The number of benzene rings is 3. The number of halogens is 2. The minimum absolute atomic E-state index is 0.0610. The highest BCUT2D eigenvalue weighted by molar-refractivity contribution is 6.30. The molecule has 30 heavy (non-hydrogen) atoms. The summed E-state index contributed by atoms with van der Waals surface area (Å²) in [7, 11) is 0. The van der Waals surface area contributed by atoms with Crippen molar-refractivity contribution in [1.82, 2.24) is 0 Å². The van der Waals surface area contributed by atoms with Crippen LogP contribution < -0.4 is 10.1 Å². The average molecular weight is 423 g/mol. The lowest BCUT2D eigenvalue weighted by Gasteiger charge is -2.11. The second-order valence-corrected chi connectivity index (χ2v) is 6.70. The molecule has 0 aliphatic carbocycles. The van der Waals surface area contributed by atoms with E-state index in [1.54, 1.807) is 30.3 Å². The highest BCUT2D eigenvalue weighted by atomic mass is 35.5. The summed E-state index contributed by atoms with van der Waals surface area (Å²) in [6, 6.07) is 18.4. The number of amides is 1. The number of hydrogen-bond donors (Lipinski definition) is 2. The highest BCUT2D eigenvalue weighted by Gasteiger charge is 2.12. The van der Waals surface area contributed by atoms with Gasteiger partial charge in [0.1, 0.15) is 35.6 Å². The molecule has 0 aromatic heterocycles. The third-order valence-corrected chi connectivity index (χ3v) is 4.30. The van der Waals surface area contributed by atoms with Gasteiger partial charge in [-0.15, -0.1) is 0 Å². The lowest BCUT2D eigenvalue weighted by Crippen LogP contribution is -2.13. The Morgan fingerprint density at radius 1 is 1.13 bits per heavy atom.